The summed E-state index contributed by atoms with van der Waals surface area (Å²) in [4.78, 5) is 4.95. The Kier molecular flexibility index (Phi) is 4.71. The average Bonchev–Trinajstić information content (AvgIpc) is 3.03. The van der Waals surface area contributed by atoms with E-state index in [1.54, 1.807) is 7.11 Å². The smallest absolute Gasteiger partial charge is 0.119 e. The number of hydrogen-bond acceptors (Lipinski definition) is 4. The number of hydrogen-bond donors (Lipinski definition) is 1. The number of aliphatic hydroxyl groups is 1. The van der Waals surface area contributed by atoms with Crippen LogP contribution in [0, 0.1) is 0 Å². The Morgan fingerprint density at radius 2 is 2.05 bits per heavy atom. The van der Waals surface area contributed by atoms with E-state index in [-0.39, 0.29) is 6.04 Å². The third-order valence-corrected chi connectivity index (χ3v) is 5.20. The lowest BCUT2D eigenvalue weighted by Gasteiger charge is -2.46. The number of methoxy groups -OCH3 is 1. The van der Waals surface area contributed by atoms with Crippen molar-refractivity contribution in [3.05, 3.63) is 29.8 Å². The first-order valence-electron chi connectivity index (χ1n) is 8.40. The van der Waals surface area contributed by atoms with Gasteiger partial charge in [-0.15, -0.1) is 0 Å². The van der Waals surface area contributed by atoms with E-state index in [1.807, 2.05) is 19.1 Å². The van der Waals surface area contributed by atoms with Crippen LogP contribution in [0.25, 0.3) is 0 Å². The summed E-state index contributed by atoms with van der Waals surface area (Å²) in [6.07, 6.45) is 3.38. The second-order valence-corrected chi connectivity index (χ2v) is 6.95. The molecule has 1 aromatic carbocycles. The highest BCUT2D eigenvalue weighted by molar-refractivity contribution is 5.28. The van der Waals surface area contributed by atoms with E-state index in [9.17, 15) is 5.11 Å². The van der Waals surface area contributed by atoms with E-state index in [2.05, 4.69) is 21.9 Å². The van der Waals surface area contributed by atoms with Crippen LogP contribution in [0.1, 0.15) is 31.7 Å². The van der Waals surface area contributed by atoms with Crippen molar-refractivity contribution in [2.45, 2.75) is 44.4 Å². The molecule has 0 aliphatic carbocycles. The van der Waals surface area contributed by atoms with Crippen LogP contribution in [-0.2, 0) is 6.54 Å². The molecule has 122 valence electrons. The zero-order chi connectivity index (χ0) is 15.6. The third kappa shape index (κ3) is 3.45. The van der Waals surface area contributed by atoms with Gasteiger partial charge < -0.3 is 9.84 Å². The molecule has 0 radical (unpaired) electrons. The van der Waals surface area contributed by atoms with E-state index in [4.69, 9.17) is 4.74 Å². The van der Waals surface area contributed by atoms with Gasteiger partial charge in [0.15, 0.2) is 0 Å². The van der Waals surface area contributed by atoms with Crippen LogP contribution in [0.2, 0.25) is 0 Å². The van der Waals surface area contributed by atoms with Crippen LogP contribution in [-0.4, -0.2) is 59.8 Å². The van der Waals surface area contributed by atoms with Crippen molar-refractivity contribution in [3.8, 4) is 5.75 Å². The van der Waals surface area contributed by atoms with Gasteiger partial charge in [-0.2, -0.15) is 0 Å². The Labute approximate surface area is 133 Å². The Morgan fingerprint density at radius 3 is 2.77 bits per heavy atom. The summed E-state index contributed by atoms with van der Waals surface area (Å²) < 4.78 is 5.31. The number of benzene rings is 1. The topological polar surface area (TPSA) is 35.9 Å². The molecule has 0 aromatic heterocycles. The van der Waals surface area contributed by atoms with Gasteiger partial charge in [-0.05, 0) is 57.0 Å². The normalized spacial score (nSPS) is 30.6. The molecule has 2 heterocycles. The molecule has 0 saturated carbocycles. The lowest BCUT2D eigenvalue weighted by atomic mass is 9.87. The highest BCUT2D eigenvalue weighted by Crippen LogP contribution is 2.29. The summed E-state index contributed by atoms with van der Waals surface area (Å²) in [6.45, 7) is 7.11. The number of nitrogens with zero attached hydrogens (tertiary/aromatic N) is 2. The summed E-state index contributed by atoms with van der Waals surface area (Å²) >= 11 is 0. The Balaban J connectivity index is 1.67. The maximum atomic E-state index is 10.8. The highest BCUT2D eigenvalue weighted by atomic mass is 16.5. The fourth-order valence-electron chi connectivity index (χ4n) is 3.82. The molecule has 2 saturated heterocycles. The van der Waals surface area contributed by atoms with Crippen LogP contribution in [0.4, 0.5) is 0 Å². The molecule has 2 fully saturated rings. The van der Waals surface area contributed by atoms with E-state index in [0.29, 0.717) is 0 Å². The van der Waals surface area contributed by atoms with Crippen molar-refractivity contribution >= 4 is 0 Å². The van der Waals surface area contributed by atoms with Gasteiger partial charge in [-0.3, -0.25) is 9.80 Å². The molecule has 3 rings (SSSR count). The van der Waals surface area contributed by atoms with Crippen molar-refractivity contribution in [1.29, 1.82) is 0 Å². The fourth-order valence-corrected chi connectivity index (χ4v) is 3.82. The number of piperidine rings is 1. The lowest BCUT2D eigenvalue weighted by molar-refractivity contribution is -0.0776. The summed E-state index contributed by atoms with van der Waals surface area (Å²) in [6, 6.07) is 8.55. The largest absolute Gasteiger partial charge is 0.497 e. The summed E-state index contributed by atoms with van der Waals surface area (Å²) in [5.41, 5.74) is 0.718. The van der Waals surface area contributed by atoms with E-state index in [0.717, 1.165) is 44.9 Å². The van der Waals surface area contributed by atoms with Crippen LogP contribution in [0.15, 0.2) is 24.3 Å². The molecule has 2 aliphatic rings. The zero-order valence-electron chi connectivity index (χ0n) is 13.8. The second-order valence-electron chi connectivity index (χ2n) is 6.95. The molecule has 2 atom stereocenters. The van der Waals surface area contributed by atoms with Gasteiger partial charge in [-0.1, -0.05) is 12.1 Å². The predicted octanol–water partition coefficient (Wildman–Crippen LogP) is 2.12. The molecule has 1 aromatic rings. The quantitative estimate of drug-likeness (QED) is 0.924. The van der Waals surface area contributed by atoms with Gasteiger partial charge in [-0.25, -0.2) is 0 Å². The minimum Gasteiger partial charge on any atom is -0.497 e. The highest BCUT2D eigenvalue weighted by Gasteiger charge is 2.41. The molecular formula is C18H28N2O2. The standard InChI is InChI=1S/C18H28N2O2/c1-18(21)8-11-19(14-17(18)20-9-3-4-10-20)13-15-6-5-7-16(12-15)22-2/h5-7,12,17,21H,3-4,8-11,13-14H2,1-2H3/t17-,18-/m1/s1. The third-order valence-electron chi connectivity index (χ3n) is 5.20. The lowest BCUT2D eigenvalue weighted by Crippen LogP contribution is -2.60. The minimum atomic E-state index is -0.560. The fraction of sp³-hybridized carbons (Fsp3) is 0.667. The van der Waals surface area contributed by atoms with E-state index < -0.39 is 5.60 Å². The monoisotopic (exact) mass is 304 g/mol. The van der Waals surface area contributed by atoms with Gasteiger partial charge in [0.2, 0.25) is 0 Å². The molecule has 0 bridgehead atoms. The van der Waals surface area contributed by atoms with Crippen LogP contribution in [0.5, 0.6) is 5.75 Å². The second kappa shape index (κ2) is 6.57. The van der Waals surface area contributed by atoms with Gasteiger partial charge in [0, 0.05) is 19.6 Å². The molecule has 1 N–H and O–H groups in total. The summed E-state index contributed by atoms with van der Waals surface area (Å²) in [7, 11) is 1.71. The van der Waals surface area contributed by atoms with E-state index in [1.165, 1.54) is 18.4 Å². The minimum absolute atomic E-state index is 0.259. The molecule has 0 unspecified atom stereocenters. The molecule has 4 nitrogen and oxygen atoms in total. The van der Waals surface area contributed by atoms with Crippen molar-refractivity contribution in [2.75, 3.05) is 33.3 Å². The molecule has 4 heteroatoms. The van der Waals surface area contributed by atoms with Crippen LogP contribution >= 0.6 is 0 Å². The predicted molar refractivity (Wildman–Crippen MR) is 88.1 cm³/mol. The van der Waals surface area contributed by atoms with Crippen LogP contribution < -0.4 is 4.74 Å². The molecule has 22 heavy (non-hydrogen) atoms. The Morgan fingerprint density at radius 1 is 1.27 bits per heavy atom. The number of rotatable bonds is 4. The Hall–Kier alpha value is -1.10. The summed E-state index contributed by atoms with van der Waals surface area (Å²) in [5.74, 6) is 0.914. The Bertz CT molecular complexity index is 498. The van der Waals surface area contributed by atoms with Crippen molar-refractivity contribution < 1.29 is 9.84 Å². The van der Waals surface area contributed by atoms with Gasteiger partial charge in [0.05, 0.1) is 18.8 Å². The van der Waals surface area contributed by atoms with Gasteiger partial charge in [0.25, 0.3) is 0 Å². The van der Waals surface area contributed by atoms with Gasteiger partial charge >= 0.3 is 0 Å². The average molecular weight is 304 g/mol. The van der Waals surface area contributed by atoms with Crippen molar-refractivity contribution in [1.82, 2.24) is 9.80 Å². The zero-order valence-corrected chi connectivity index (χ0v) is 13.8. The first kappa shape index (κ1) is 15.8. The van der Waals surface area contributed by atoms with Crippen molar-refractivity contribution in [2.24, 2.45) is 0 Å². The van der Waals surface area contributed by atoms with E-state index >= 15 is 0 Å². The van der Waals surface area contributed by atoms with Crippen molar-refractivity contribution in [3.63, 3.8) is 0 Å². The van der Waals surface area contributed by atoms with Crippen LogP contribution in [0.3, 0.4) is 0 Å². The maximum Gasteiger partial charge on any atom is 0.119 e. The SMILES string of the molecule is COc1cccc(CN2CC[C@@](C)(O)[C@H](N3CCCC3)C2)c1. The summed E-state index contributed by atoms with van der Waals surface area (Å²) in [5, 5.41) is 10.8. The molecule has 2 aliphatic heterocycles. The molecule has 0 amide bonds. The van der Waals surface area contributed by atoms with Gasteiger partial charge in [0.1, 0.15) is 5.75 Å². The molecule has 0 spiro atoms. The maximum absolute atomic E-state index is 10.8. The first-order chi connectivity index (χ1) is 10.6. The number of likely N-dealkylation sites (tertiary alicyclic amines) is 2. The number of ether oxygens (including phenoxy) is 1. The molecular weight excluding hydrogens is 276 g/mol. The first-order valence-corrected chi connectivity index (χ1v) is 8.40.